The van der Waals surface area contributed by atoms with Gasteiger partial charge in [0.2, 0.25) is 11.8 Å². The number of amides is 2. The van der Waals surface area contributed by atoms with Crippen LogP contribution in [0.4, 0.5) is 10.2 Å². The molecule has 2 atom stereocenters. The van der Waals surface area contributed by atoms with Crippen LogP contribution in [0.15, 0.2) is 30.7 Å². The first-order valence-corrected chi connectivity index (χ1v) is 11.5. The number of fused-ring (bicyclic) bond motifs is 1. The predicted molar refractivity (Wildman–Crippen MR) is 128 cm³/mol. The lowest BCUT2D eigenvalue weighted by Gasteiger charge is -2.28. The standard InChI is InChI=1S/C24H27ClFN5O3/c1-13(32)29-16-6-4-5-14(7-16)23(33)30-21-10-17(18(25)11-27-21)15-8-19(26)22-20(9-15)31(12-28-22)24(2,3)34/h8-12,14,16,34H,4-7H2,1-3H3,(H,29,32)(H,27,30,33)/t14-,16+/m0/s1. The maximum absolute atomic E-state index is 14.8. The van der Waals surface area contributed by atoms with E-state index in [9.17, 15) is 19.1 Å². The van der Waals surface area contributed by atoms with E-state index in [0.29, 0.717) is 28.9 Å². The van der Waals surface area contributed by atoms with Crippen LogP contribution in [-0.2, 0) is 15.3 Å². The minimum atomic E-state index is -1.28. The molecule has 0 radical (unpaired) electrons. The second-order valence-corrected chi connectivity index (χ2v) is 9.64. The largest absolute Gasteiger partial charge is 0.371 e. The highest BCUT2D eigenvalue weighted by atomic mass is 35.5. The summed E-state index contributed by atoms with van der Waals surface area (Å²) in [4.78, 5) is 32.5. The van der Waals surface area contributed by atoms with Crippen LogP contribution in [0.1, 0.15) is 46.5 Å². The number of hydrogen-bond acceptors (Lipinski definition) is 5. The Morgan fingerprint density at radius 1 is 1.24 bits per heavy atom. The van der Waals surface area contributed by atoms with Crippen molar-refractivity contribution in [3.8, 4) is 11.1 Å². The van der Waals surface area contributed by atoms with Crippen LogP contribution in [0.25, 0.3) is 22.2 Å². The molecule has 2 aromatic heterocycles. The summed E-state index contributed by atoms with van der Waals surface area (Å²) in [5, 5.41) is 16.4. The number of rotatable bonds is 5. The van der Waals surface area contributed by atoms with Gasteiger partial charge in [-0.05, 0) is 56.9 Å². The molecular formula is C24H27ClFN5O3. The Labute approximate surface area is 201 Å². The van der Waals surface area contributed by atoms with Crippen molar-refractivity contribution in [1.82, 2.24) is 19.9 Å². The molecule has 0 spiro atoms. The van der Waals surface area contributed by atoms with Crippen molar-refractivity contribution >= 4 is 40.3 Å². The molecule has 1 fully saturated rings. The zero-order valence-corrected chi connectivity index (χ0v) is 20.0. The molecule has 0 unspecified atom stereocenters. The number of nitrogens with zero attached hydrogens (tertiary/aromatic N) is 3. The Hall–Kier alpha value is -3.04. The molecule has 1 aliphatic rings. The van der Waals surface area contributed by atoms with E-state index >= 15 is 0 Å². The van der Waals surface area contributed by atoms with E-state index < -0.39 is 11.5 Å². The molecule has 34 heavy (non-hydrogen) atoms. The van der Waals surface area contributed by atoms with E-state index in [1.165, 1.54) is 30.1 Å². The average molecular weight is 488 g/mol. The number of aromatic nitrogens is 3. The molecule has 1 aromatic carbocycles. The van der Waals surface area contributed by atoms with Gasteiger partial charge < -0.3 is 20.3 Å². The quantitative estimate of drug-likeness (QED) is 0.499. The van der Waals surface area contributed by atoms with Crippen LogP contribution in [0.5, 0.6) is 0 Å². The first-order chi connectivity index (χ1) is 16.0. The molecule has 180 valence electrons. The van der Waals surface area contributed by atoms with E-state index in [0.717, 1.165) is 19.3 Å². The fourth-order valence-corrected chi connectivity index (χ4v) is 4.68. The maximum atomic E-state index is 14.8. The number of aliphatic hydroxyl groups is 1. The van der Waals surface area contributed by atoms with Crippen molar-refractivity contribution in [2.45, 2.75) is 58.2 Å². The van der Waals surface area contributed by atoms with Gasteiger partial charge in [-0.15, -0.1) is 0 Å². The molecule has 3 aromatic rings. The summed E-state index contributed by atoms with van der Waals surface area (Å²) >= 11 is 6.38. The van der Waals surface area contributed by atoms with Crippen molar-refractivity contribution in [2.24, 2.45) is 5.92 Å². The second-order valence-electron chi connectivity index (χ2n) is 9.23. The Balaban J connectivity index is 1.61. The van der Waals surface area contributed by atoms with Crippen LogP contribution in [0.3, 0.4) is 0 Å². The third-order valence-electron chi connectivity index (χ3n) is 6.06. The normalized spacial score (nSPS) is 18.6. The lowest BCUT2D eigenvalue weighted by molar-refractivity contribution is -0.123. The maximum Gasteiger partial charge on any atom is 0.228 e. The zero-order valence-electron chi connectivity index (χ0n) is 19.2. The van der Waals surface area contributed by atoms with E-state index in [-0.39, 0.29) is 34.3 Å². The van der Waals surface area contributed by atoms with E-state index in [2.05, 4.69) is 20.6 Å². The van der Waals surface area contributed by atoms with Crippen LogP contribution in [-0.4, -0.2) is 37.5 Å². The number of pyridine rings is 1. The molecule has 2 heterocycles. The number of hydrogen-bond donors (Lipinski definition) is 3. The second kappa shape index (κ2) is 9.31. The van der Waals surface area contributed by atoms with Crippen LogP contribution in [0, 0.1) is 11.7 Å². The van der Waals surface area contributed by atoms with Crippen LogP contribution >= 0.6 is 11.6 Å². The highest BCUT2D eigenvalue weighted by Crippen LogP contribution is 2.34. The molecule has 8 nitrogen and oxygen atoms in total. The van der Waals surface area contributed by atoms with Crippen LogP contribution < -0.4 is 10.6 Å². The Morgan fingerprint density at radius 2 is 2.00 bits per heavy atom. The minimum Gasteiger partial charge on any atom is -0.371 e. The van der Waals surface area contributed by atoms with Crippen molar-refractivity contribution in [2.75, 3.05) is 5.32 Å². The van der Waals surface area contributed by atoms with Gasteiger partial charge in [-0.25, -0.2) is 14.4 Å². The molecule has 1 saturated carbocycles. The monoisotopic (exact) mass is 487 g/mol. The van der Waals surface area contributed by atoms with Gasteiger partial charge in [-0.1, -0.05) is 18.0 Å². The predicted octanol–water partition coefficient (Wildman–Crippen LogP) is 4.21. The minimum absolute atomic E-state index is 0.0222. The molecule has 4 rings (SSSR count). The van der Waals surface area contributed by atoms with Gasteiger partial charge in [0, 0.05) is 30.6 Å². The smallest absolute Gasteiger partial charge is 0.228 e. The SMILES string of the molecule is CC(=O)N[C@@H]1CCC[C@H](C(=O)Nc2cc(-c3cc(F)c4ncn(C(C)(C)O)c4c3)c(Cl)cn2)C1. The highest BCUT2D eigenvalue weighted by molar-refractivity contribution is 6.33. The summed E-state index contributed by atoms with van der Waals surface area (Å²) in [7, 11) is 0. The lowest BCUT2D eigenvalue weighted by Crippen LogP contribution is -2.40. The van der Waals surface area contributed by atoms with Crippen molar-refractivity contribution in [3.63, 3.8) is 0 Å². The summed E-state index contributed by atoms with van der Waals surface area (Å²) in [5.41, 5.74) is 0.205. The molecule has 0 bridgehead atoms. The Morgan fingerprint density at radius 3 is 2.71 bits per heavy atom. The Bertz CT molecular complexity index is 1250. The fraction of sp³-hybridized carbons (Fsp3) is 0.417. The van der Waals surface area contributed by atoms with Crippen molar-refractivity contribution < 1.29 is 19.1 Å². The van der Waals surface area contributed by atoms with Gasteiger partial charge in [-0.3, -0.25) is 9.59 Å². The molecule has 10 heteroatoms. The number of imidazole rings is 1. The average Bonchev–Trinajstić information content (AvgIpc) is 3.20. The topological polar surface area (TPSA) is 109 Å². The first kappa shape index (κ1) is 24.1. The first-order valence-electron chi connectivity index (χ1n) is 11.2. The number of halogens is 2. The Kier molecular flexibility index (Phi) is 6.60. The number of carbonyl (C=O) groups excluding carboxylic acids is 2. The van der Waals surface area contributed by atoms with Gasteiger partial charge in [0.1, 0.15) is 17.1 Å². The highest BCUT2D eigenvalue weighted by Gasteiger charge is 2.28. The van der Waals surface area contributed by atoms with Crippen LogP contribution in [0.2, 0.25) is 5.02 Å². The van der Waals surface area contributed by atoms with E-state index in [4.69, 9.17) is 11.6 Å². The van der Waals surface area contributed by atoms with Gasteiger partial charge in [0.25, 0.3) is 0 Å². The zero-order chi connectivity index (χ0) is 24.6. The molecule has 3 N–H and O–H groups in total. The number of anilines is 1. The summed E-state index contributed by atoms with van der Waals surface area (Å²) in [6.45, 7) is 4.62. The van der Waals surface area contributed by atoms with Crippen molar-refractivity contribution in [1.29, 1.82) is 0 Å². The number of nitrogens with one attached hydrogen (secondary N) is 2. The van der Waals surface area contributed by atoms with Gasteiger partial charge in [0.05, 0.1) is 16.9 Å². The summed E-state index contributed by atoms with van der Waals surface area (Å²) in [5.74, 6) is -0.799. The molecular weight excluding hydrogens is 461 g/mol. The summed E-state index contributed by atoms with van der Waals surface area (Å²) in [6, 6.07) is 4.58. The van der Waals surface area contributed by atoms with E-state index in [1.54, 1.807) is 26.0 Å². The van der Waals surface area contributed by atoms with Gasteiger partial charge in [-0.2, -0.15) is 0 Å². The summed E-state index contributed by atoms with van der Waals surface area (Å²) in [6.07, 6.45) is 5.77. The van der Waals surface area contributed by atoms with Gasteiger partial charge >= 0.3 is 0 Å². The molecule has 0 saturated heterocycles. The number of carbonyl (C=O) groups is 2. The van der Waals surface area contributed by atoms with Crippen molar-refractivity contribution in [3.05, 3.63) is 41.6 Å². The molecule has 0 aliphatic heterocycles. The van der Waals surface area contributed by atoms with Gasteiger partial charge in [0.15, 0.2) is 5.82 Å². The fourth-order valence-electron chi connectivity index (χ4n) is 4.47. The third kappa shape index (κ3) is 5.05. The third-order valence-corrected chi connectivity index (χ3v) is 6.37. The molecule has 1 aliphatic carbocycles. The molecule has 2 amide bonds. The number of benzene rings is 1. The van der Waals surface area contributed by atoms with E-state index in [1.807, 2.05) is 0 Å². The summed E-state index contributed by atoms with van der Waals surface area (Å²) < 4.78 is 16.3. The lowest BCUT2D eigenvalue weighted by atomic mass is 9.85.